The van der Waals surface area contributed by atoms with Crippen LogP contribution in [0.3, 0.4) is 0 Å². The van der Waals surface area contributed by atoms with E-state index in [4.69, 9.17) is 4.74 Å². The van der Waals surface area contributed by atoms with Gasteiger partial charge in [0.1, 0.15) is 17.5 Å². The number of aliphatic carboxylic acids is 1. The molecular formula is C34H40N2O5. The minimum absolute atomic E-state index is 0.207. The van der Waals surface area contributed by atoms with Crippen molar-refractivity contribution in [2.75, 3.05) is 0 Å². The molecule has 3 aromatic rings. The first-order chi connectivity index (χ1) is 19.4. The Labute approximate surface area is 242 Å². The molecule has 0 saturated heterocycles. The molecule has 0 aliphatic carbocycles. The summed E-state index contributed by atoms with van der Waals surface area (Å²) in [4.78, 5) is 38.2. The van der Waals surface area contributed by atoms with Crippen molar-refractivity contribution in [1.29, 1.82) is 0 Å². The van der Waals surface area contributed by atoms with Crippen LogP contribution in [0.15, 0.2) is 84.9 Å². The molecule has 0 aliphatic rings. The Morgan fingerprint density at radius 2 is 1.54 bits per heavy atom. The molecule has 0 spiro atoms. The normalized spacial score (nSPS) is 13.7. The lowest BCUT2D eigenvalue weighted by molar-refractivity contribution is -0.141. The molecule has 0 fully saturated rings. The molecule has 3 N–H and O–H groups in total. The molecule has 0 radical (unpaired) electrons. The zero-order chi connectivity index (χ0) is 30.0. The third kappa shape index (κ3) is 9.64. The molecule has 0 aliphatic heterocycles. The summed E-state index contributed by atoms with van der Waals surface area (Å²) in [5, 5.41) is 15.3. The van der Waals surface area contributed by atoms with E-state index in [0.29, 0.717) is 0 Å². The van der Waals surface area contributed by atoms with Gasteiger partial charge in [-0.3, -0.25) is 14.4 Å². The van der Waals surface area contributed by atoms with Crippen LogP contribution in [-0.2, 0) is 14.4 Å². The number of aryl methyl sites for hydroxylation is 1. The number of nitrogens with one attached hydrogen (secondary N) is 2. The van der Waals surface area contributed by atoms with Gasteiger partial charge in [0.05, 0.1) is 18.4 Å². The average molecular weight is 557 g/mol. The Morgan fingerprint density at radius 3 is 2.12 bits per heavy atom. The van der Waals surface area contributed by atoms with Crippen LogP contribution in [0.1, 0.15) is 63.3 Å². The van der Waals surface area contributed by atoms with Crippen LogP contribution in [0.5, 0.6) is 11.5 Å². The molecule has 3 atom stereocenters. The Hall–Kier alpha value is -4.39. The maximum atomic E-state index is 13.3. The fraction of sp³-hybridized carbons (Fsp3) is 0.324. The van der Waals surface area contributed by atoms with E-state index in [1.807, 2.05) is 120 Å². The predicted molar refractivity (Wildman–Crippen MR) is 161 cm³/mol. The highest BCUT2D eigenvalue weighted by Crippen LogP contribution is 2.27. The monoisotopic (exact) mass is 556 g/mol. The van der Waals surface area contributed by atoms with Gasteiger partial charge in [-0.15, -0.1) is 0 Å². The van der Waals surface area contributed by atoms with Gasteiger partial charge in [0.2, 0.25) is 11.8 Å². The summed E-state index contributed by atoms with van der Waals surface area (Å²) in [6, 6.07) is 23.7. The van der Waals surface area contributed by atoms with Crippen LogP contribution >= 0.6 is 0 Å². The van der Waals surface area contributed by atoms with Gasteiger partial charge in [-0.2, -0.15) is 0 Å². The van der Waals surface area contributed by atoms with E-state index >= 15 is 0 Å². The zero-order valence-electron chi connectivity index (χ0n) is 24.4. The Kier molecular flexibility index (Phi) is 10.9. The molecule has 41 heavy (non-hydrogen) atoms. The summed E-state index contributed by atoms with van der Waals surface area (Å²) in [5.74, 6) is -1.22. The minimum Gasteiger partial charge on any atom is -0.481 e. The number of rotatable bonds is 12. The summed E-state index contributed by atoms with van der Waals surface area (Å²) in [6.07, 6.45) is 3.51. The quantitative estimate of drug-likeness (QED) is 0.231. The lowest BCUT2D eigenvalue weighted by Crippen LogP contribution is -2.55. The molecule has 0 unspecified atom stereocenters. The van der Waals surface area contributed by atoms with Gasteiger partial charge in [0, 0.05) is 0 Å². The molecule has 7 nitrogen and oxygen atoms in total. The Bertz CT molecular complexity index is 1350. The van der Waals surface area contributed by atoms with Crippen molar-refractivity contribution in [2.45, 2.75) is 59.5 Å². The van der Waals surface area contributed by atoms with Gasteiger partial charge in [0.15, 0.2) is 0 Å². The van der Waals surface area contributed by atoms with E-state index in [9.17, 15) is 19.5 Å². The van der Waals surface area contributed by atoms with Crippen molar-refractivity contribution in [3.8, 4) is 11.5 Å². The number of hydrogen-bond donors (Lipinski definition) is 3. The van der Waals surface area contributed by atoms with E-state index in [1.54, 1.807) is 6.08 Å². The molecule has 0 saturated carbocycles. The maximum Gasteiger partial charge on any atom is 0.304 e. The highest BCUT2D eigenvalue weighted by molar-refractivity contribution is 5.90. The van der Waals surface area contributed by atoms with Crippen molar-refractivity contribution in [3.05, 3.63) is 102 Å². The largest absolute Gasteiger partial charge is 0.481 e. The Balaban J connectivity index is 1.68. The van der Waals surface area contributed by atoms with Crippen molar-refractivity contribution >= 4 is 23.9 Å². The number of carbonyl (C=O) groups is 3. The lowest BCUT2D eigenvalue weighted by Gasteiger charge is -2.32. The standard InChI is InChI=1S/C34H40N2O5/c1-23-21-25(19-20-29(23)41-28-17-10-7-11-18-28)13-12-16-27(22-30(37)38)32(39)36-31(34(3,4)5)33(40)35-24(2)26-14-8-6-9-15-26/h6-15,17-21,24,27,31H,16,22H2,1-5H3,(H,35,40)(H,36,39)(H,37,38)/b13-12+/t24-,27-,31-/m1/s1. The molecule has 216 valence electrons. The van der Waals surface area contributed by atoms with E-state index in [2.05, 4.69) is 10.6 Å². The van der Waals surface area contributed by atoms with Gasteiger partial charge in [-0.1, -0.05) is 87.5 Å². The summed E-state index contributed by atoms with van der Waals surface area (Å²) in [5.41, 5.74) is 2.20. The molecule has 3 aromatic carbocycles. The molecule has 0 bridgehead atoms. The highest BCUT2D eigenvalue weighted by Gasteiger charge is 2.35. The number of para-hydroxylation sites is 1. The smallest absolute Gasteiger partial charge is 0.304 e. The number of allylic oxidation sites excluding steroid dienone is 1. The average Bonchev–Trinajstić information content (AvgIpc) is 2.92. The molecule has 3 rings (SSSR count). The van der Waals surface area contributed by atoms with Crippen molar-refractivity contribution in [1.82, 2.24) is 10.6 Å². The summed E-state index contributed by atoms with van der Waals surface area (Å²) in [7, 11) is 0. The van der Waals surface area contributed by atoms with Gasteiger partial charge in [-0.05, 0) is 66.6 Å². The molecule has 7 heteroatoms. The van der Waals surface area contributed by atoms with Crippen LogP contribution in [0.2, 0.25) is 0 Å². The minimum atomic E-state index is -1.08. The summed E-state index contributed by atoms with van der Waals surface area (Å²) in [6.45, 7) is 9.43. The number of carbonyl (C=O) groups excluding carboxylic acids is 2. The van der Waals surface area contributed by atoms with Gasteiger partial charge >= 0.3 is 5.97 Å². The summed E-state index contributed by atoms with van der Waals surface area (Å²) >= 11 is 0. The SMILES string of the molecule is Cc1cc(/C=C/C[C@H](CC(=O)O)C(=O)N[C@H](C(=O)N[C@H](C)c2ccccc2)C(C)(C)C)ccc1Oc1ccccc1. The molecule has 2 amide bonds. The van der Waals surface area contributed by atoms with E-state index in [-0.39, 0.29) is 24.8 Å². The van der Waals surface area contributed by atoms with E-state index in [0.717, 1.165) is 28.2 Å². The topological polar surface area (TPSA) is 105 Å². The first kappa shape index (κ1) is 31.1. The van der Waals surface area contributed by atoms with Crippen molar-refractivity contribution < 1.29 is 24.2 Å². The number of benzene rings is 3. The maximum absolute atomic E-state index is 13.3. The third-order valence-corrected chi connectivity index (χ3v) is 6.77. The number of ether oxygens (including phenoxy) is 1. The number of carboxylic acid groups (broad SMARTS) is 1. The number of hydrogen-bond acceptors (Lipinski definition) is 4. The second-order valence-corrected chi connectivity index (χ2v) is 11.3. The fourth-order valence-corrected chi connectivity index (χ4v) is 4.43. The summed E-state index contributed by atoms with van der Waals surface area (Å²) < 4.78 is 5.94. The van der Waals surface area contributed by atoms with Gasteiger partial charge in [0.25, 0.3) is 0 Å². The molecule has 0 aromatic heterocycles. The first-order valence-electron chi connectivity index (χ1n) is 13.8. The second-order valence-electron chi connectivity index (χ2n) is 11.3. The Morgan fingerprint density at radius 1 is 0.902 bits per heavy atom. The van der Waals surface area contributed by atoms with Gasteiger partial charge < -0.3 is 20.5 Å². The lowest BCUT2D eigenvalue weighted by atomic mass is 9.85. The van der Waals surface area contributed by atoms with Crippen molar-refractivity contribution in [2.24, 2.45) is 11.3 Å². The van der Waals surface area contributed by atoms with Crippen LogP contribution in [0.4, 0.5) is 0 Å². The van der Waals surface area contributed by atoms with Crippen molar-refractivity contribution in [3.63, 3.8) is 0 Å². The zero-order valence-corrected chi connectivity index (χ0v) is 24.4. The third-order valence-electron chi connectivity index (χ3n) is 6.77. The number of carboxylic acids is 1. The predicted octanol–water partition coefficient (Wildman–Crippen LogP) is 6.69. The molecule has 0 heterocycles. The second kappa shape index (κ2) is 14.3. The fourth-order valence-electron chi connectivity index (χ4n) is 4.43. The van der Waals surface area contributed by atoms with E-state index < -0.39 is 29.3 Å². The van der Waals surface area contributed by atoms with E-state index in [1.165, 1.54) is 0 Å². The van der Waals surface area contributed by atoms with Crippen LogP contribution < -0.4 is 15.4 Å². The molecular weight excluding hydrogens is 516 g/mol. The highest BCUT2D eigenvalue weighted by atomic mass is 16.5. The van der Waals surface area contributed by atoms with Crippen LogP contribution in [-0.4, -0.2) is 28.9 Å². The van der Waals surface area contributed by atoms with Crippen LogP contribution in [0.25, 0.3) is 6.08 Å². The first-order valence-corrected chi connectivity index (χ1v) is 13.8. The van der Waals surface area contributed by atoms with Gasteiger partial charge in [-0.25, -0.2) is 0 Å². The van der Waals surface area contributed by atoms with Crippen LogP contribution in [0, 0.1) is 18.3 Å². The number of amides is 2.